The van der Waals surface area contributed by atoms with Gasteiger partial charge >= 0.3 is 0 Å². The molecule has 1 aliphatic rings. The van der Waals surface area contributed by atoms with Crippen LogP contribution in [-0.2, 0) is 4.79 Å². The first-order valence-corrected chi connectivity index (χ1v) is 9.90. The van der Waals surface area contributed by atoms with Gasteiger partial charge in [0.1, 0.15) is 5.69 Å². The fraction of sp³-hybridized carbons (Fsp3) is 0.227. The van der Waals surface area contributed by atoms with Gasteiger partial charge in [-0.15, -0.1) is 0 Å². The Morgan fingerprint density at radius 2 is 1.79 bits per heavy atom. The lowest BCUT2D eigenvalue weighted by molar-refractivity contribution is -0.130. The lowest BCUT2D eigenvalue weighted by Gasteiger charge is -2.36. The molecule has 0 atom stereocenters. The van der Waals surface area contributed by atoms with Gasteiger partial charge in [-0.3, -0.25) is 14.6 Å². The number of hydrogen-bond donors (Lipinski definition) is 1. The zero-order valence-electron chi connectivity index (χ0n) is 15.8. The Morgan fingerprint density at radius 1 is 1.00 bits per heavy atom. The highest BCUT2D eigenvalue weighted by Gasteiger charge is 2.22. The van der Waals surface area contributed by atoms with Crippen LogP contribution in [0.2, 0.25) is 5.02 Å². The van der Waals surface area contributed by atoms with Gasteiger partial charge < -0.3 is 15.1 Å². The van der Waals surface area contributed by atoms with E-state index in [9.17, 15) is 9.59 Å². The van der Waals surface area contributed by atoms with Gasteiger partial charge in [0.25, 0.3) is 5.91 Å². The van der Waals surface area contributed by atoms with Gasteiger partial charge in [0, 0.05) is 48.5 Å². The maximum atomic E-state index is 12.5. The lowest BCUT2D eigenvalue weighted by Crippen LogP contribution is -2.51. The van der Waals surface area contributed by atoms with Crippen LogP contribution in [0.3, 0.4) is 0 Å². The molecule has 0 radical (unpaired) electrons. The highest BCUT2D eigenvalue weighted by molar-refractivity contribution is 6.30. The van der Waals surface area contributed by atoms with E-state index in [1.165, 1.54) is 0 Å². The summed E-state index contributed by atoms with van der Waals surface area (Å²) in [5.41, 5.74) is 1.39. The number of carbonyl (C=O) groups excluding carboxylic acids is 2. The number of pyridine rings is 1. The number of rotatable bonds is 4. The second kappa shape index (κ2) is 8.49. The largest absolute Gasteiger partial charge is 0.368 e. The highest BCUT2D eigenvalue weighted by Crippen LogP contribution is 2.21. The number of nitrogens with one attached hydrogen (secondary N) is 1. The van der Waals surface area contributed by atoms with Crippen LogP contribution in [0, 0.1) is 0 Å². The Balaban J connectivity index is 1.33. The minimum atomic E-state index is -0.340. The van der Waals surface area contributed by atoms with Crippen molar-refractivity contribution in [2.24, 2.45) is 0 Å². The Morgan fingerprint density at radius 3 is 2.59 bits per heavy atom. The van der Waals surface area contributed by atoms with Crippen molar-refractivity contribution in [3.8, 4) is 0 Å². The quantitative estimate of drug-likeness (QED) is 0.720. The lowest BCUT2D eigenvalue weighted by atomic mass is 10.1. The van der Waals surface area contributed by atoms with E-state index < -0.39 is 0 Å². The maximum absolute atomic E-state index is 12.5. The first-order valence-electron chi connectivity index (χ1n) is 9.52. The van der Waals surface area contributed by atoms with Gasteiger partial charge in [-0.25, -0.2) is 0 Å². The Bertz CT molecular complexity index is 1040. The average molecular weight is 409 g/mol. The van der Waals surface area contributed by atoms with Crippen molar-refractivity contribution in [2.75, 3.05) is 37.6 Å². The minimum Gasteiger partial charge on any atom is -0.368 e. The molecule has 2 heterocycles. The molecule has 0 spiro atoms. The van der Waals surface area contributed by atoms with Crippen LogP contribution in [0.25, 0.3) is 10.8 Å². The van der Waals surface area contributed by atoms with E-state index in [0.717, 1.165) is 29.5 Å². The molecule has 0 aliphatic carbocycles. The normalized spacial score (nSPS) is 14.1. The highest BCUT2D eigenvalue weighted by atomic mass is 35.5. The van der Waals surface area contributed by atoms with Gasteiger partial charge in [-0.2, -0.15) is 0 Å². The molecule has 2 aromatic carbocycles. The molecule has 7 heteroatoms. The summed E-state index contributed by atoms with van der Waals surface area (Å²) < 4.78 is 0. The third kappa shape index (κ3) is 4.32. The number of benzene rings is 2. The summed E-state index contributed by atoms with van der Waals surface area (Å²) in [6.45, 7) is 2.62. The molecule has 4 rings (SSSR count). The predicted molar refractivity (Wildman–Crippen MR) is 114 cm³/mol. The zero-order valence-corrected chi connectivity index (χ0v) is 16.6. The molecule has 1 fully saturated rings. The molecular formula is C22H21ClN4O2. The standard InChI is InChI=1S/C22H21ClN4O2/c23-17-5-3-6-18(14-17)26-10-12-27(13-11-26)20(28)15-25-22(29)21-19-7-2-1-4-16(19)8-9-24-21/h1-9,14H,10-13,15H2,(H,25,29). The first-order chi connectivity index (χ1) is 14.1. The number of nitrogens with zero attached hydrogens (tertiary/aromatic N) is 3. The number of amides is 2. The van der Waals surface area contributed by atoms with Gasteiger partial charge in [0.15, 0.2) is 0 Å². The summed E-state index contributed by atoms with van der Waals surface area (Å²) in [5, 5.41) is 5.13. The molecule has 6 nitrogen and oxygen atoms in total. The van der Waals surface area contributed by atoms with Gasteiger partial charge in [-0.05, 0) is 29.7 Å². The monoisotopic (exact) mass is 408 g/mol. The molecule has 2 amide bonds. The number of anilines is 1. The number of carbonyl (C=O) groups is 2. The van der Waals surface area contributed by atoms with Crippen LogP contribution in [0.4, 0.5) is 5.69 Å². The Labute approximate surface area is 174 Å². The van der Waals surface area contributed by atoms with Crippen LogP contribution in [0.5, 0.6) is 0 Å². The SMILES string of the molecule is O=C(NCC(=O)N1CCN(c2cccc(Cl)c2)CC1)c1nccc2ccccc12. The van der Waals surface area contributed by atoms with Crippen molar-refractivity contribution in [2.45, 2.75) is 0 Å². The van der Waals surface area contributed by atoms with Crippen LogP contribution in [0.15, 0.2) is 60.8 Å². The van der Waals surface area contributed by atoms with Crippen molar-refractivity contribution >= 4 is 39.9 Å². The van der Waals surface area contributed by atoms with Crippen molar-refractivity contribution < 1.29 is 9.59 Å². The maximum Gasteiger partial charge on any atom is 0.270 e. The second-order valence-corrected chi connectivity index (χ2v) is 7.35. The van der Waals surface area contributed by atoms with E-state index >= 15 is 0 Å². The molecular weight excluding hydrogens is 388 g/mol. The Hall–Kier alpha value is -3.12. The van der Waals surface area contributed by atoms with E-state index in [-0.39, 0.29) is 18.4 Å². The number of hydrogen-bond acceptors (Lipinski definition) is 4. The number of fused-ring (bicyclic) bond motifs is 1. The fourth-order valence-electron chi connectivity index (χ4n) is 3.54. The van der Waals surface area contributed by atoms with Crippen molar-refractivity contribution in [1.29, 1.82) is 0 Å². The van der Waals surface area contributed by atoms with Crippen LogP contribution in [0.1, 0.15) is 10.5 Å². The molecule has 1 aromatic heterocycles. The molecule has 0 saturated carbocycles. The van der Waals surface area contributed by atoms with E-state index in [1.54, 1.807) is 11.1 Å². The molecule has 29 heavy (non-hydrogen) atoms. The first kappa shape index (κ1) is 19.2. The summed E-state index contributed by atoms with van der Waals surface area (Å²) in [6, 6.07) is 17.1. The van der Waals surface area contributed by atoms with E-state index in [4.69, 9.17) is 11.6 Å². The van der Waals surface area contributed by atoms with Crippen molar-refractivity contribution in [1.82, 2.24) is 15.2 Å². The van der Waals surface area contributed by atoms with Crippen LogP contribution < -0.4 is 10.2 Å². The van der Waals surface area contributed by atoms with Crippen LogP contribution >= 0.6 is 11.6 Å². The predicted octanol–water partition coefficient (Wildman–Crippen LogP) is 2.97. The fourth-order valence-corrected chi connectivity index (χ4v) is 3.72. The Kier molecular flexibility index (Phi) is 5.62. The molecule has 0 unspecified atom stereocenters. The minimum absolute atomic E-state index is 0.0408. The van der Waals surface area contributed by atoms with Gasteiger partial charge in [0.05, 0.1) is 6.54 Å². The molecule has 1 aliphatic heterocycles. The zero-order chi connectivity index (χ0) is 20.2. The summed E-state index contributed by atoms with van der Waals surface area (Å²) in [5.74, 6) is -0.433. The van der Waals surface area contributed by atoms with Crippen molar-refractivity contribution in [3.63, 3.8) is 0 Å². The van der Waals surface area contributed by atoms with E-state index in [2.05, 4.69) is 15.2 Å². The third-order valence-corrected chi connectivity index (χ3v) is 5.33. The van der Waals surface area contributed by atoms with Crippen molar-refractivity contribution in [3.05, 3.63) is 71.5 Å². The smallest absolute Gasteiger partial charge is 0.270 e. The number of halogens is 1. The molecule has 1 saturated heterocycles. The summed E-state index contributed by atoms with van der Waals surface area (Å²) in [4.78, 5) is 33.3. The van der Waals surface area contributed by atoms with Gasteiger partial charge in [0.2, 0.25) is 5.91 Å². The topological polar surface area (TPSA) is 65.5 Å². The summed E-state index contributed by atoms with van der Waals surface area (Å²) >= 11 is 6.06. The van der Waals surface area contributed by atoms with E-state index in [0.29, 0.717) is 23.8 Å². The third-order valence-electron chi connectivity index (χ3n) is 5.09. The summed E-state index contributed by atoms with van der Waals surface area (Å²) in [7, 11) is 0. The molecule has 1 N–H and O–H groups in total. The summed E-state index contributed by atoms with van der Waals surface area (Å²) in [6.07, 6.45) is 1.61. The molecule has 3 aromatic rings. The van der Waals surface area contributed by atoms with E-state index in [1.807, 2.05) is 54.6 Å². The second-order valence-electron chi connectivity index (χ2n) is 6.91. The van der Waals surface area contributed by atoms with Gasteiger partial charge in [-0.1, -0.05) is 41.9 Å². The molecule has 148 valence electrons. The number of aromatic nitrogens is 1. The molecule has 0 bridgehead atoms. The van der Waals surface area contributed by atoms with Crippen LogP contribution in [-0.4, -0.2) is 54.4 Å². The number of piperazine rings is 1. The average Bonchev–Trinajstić information content (AvgIpc) is 2.77.